The summed E-state index contributed by atoms with van der Waals surface area (Å²) in [5.41, 5.74) is 2.85. The molecule has 2 aliphatic rings. The smallest absolute Gasteiger partial charge is 0.261 e. The van der Waals surface area contributed by atoms with Gasteiger partial charge < -0.3 is 10.1 Å². The summed E-state index contributed by atoms with van der Waals surface area (Å²) in [7, 11) is 0. The molecule has 3 heteroatoms. The lowest BCUT2D eigenvalue weighted by Crippen LogP contribution is -2.43. The van der Waals surface area contributed by atoms with Gasteiger partial charge in [0.05, 0.1) is 0 Å². The minimum atomic E-state index is -0.380. The van der Waals surface area contributed by atoms with Crippen LogP contribution in [-0.2, 0) is 17.6 Å². The molecule has 2 aliphatic carbocycles. The fraction of sp³-hybridized carbons (Fsp3) is 0.667. The highest BCUT2D eigenvalue weighted by Crippen LogP contribution is 2.26. The van der Waals surface area contributed by atoms with Crippen molar-refractivity contribution < 1.29 is 9.53 Å². The van der Waals surface area contributed by atoms with Crippen LogP contribution in [0.4, 0.5) is 0 Å². The van der Waals surface area contributed by atoms with Gasteiger partial charge >= 0.3 is 0 Å². The molecule has 0 aromatic heterocycles. The van der Waals surface area contributed by atoms with Gasteiger partial charge in [0, 0.05) is 6.04 Å². The summed E-state index contributed by atoms with van der Waals surface area (Å²) in [5, 5.41) is 3.23. The van der Waals surface area contributed by atoms with Gasteiger partial charge in [-0.25, -0.2) is 0 Å². The number of amides is 1. The monoisotopic (exact) mass is 329 g/mol. The summed E-state index contributed by atoms with van der Waals surface area (Å²) in [5.74, 6) is 0.903. The third kappa shape index (κ3) is 4.52. The van der Waals surface area contributed by atoms with Gasteiger partial charge in [-0.15, -0.1) is 0 Å². The number of rotatable bonds is 5. The molecule has 132 valence electrons. The maximum absolute atomic E-state index is 12.6. The van der Waals surface area contributed by atoms with E-state index in [2.05, 4.69) is 17.4 Å². The van der Waals surface area contributed by atoms with Crippen LogP contribution in [0.3, 0.4) is 0 Å². The van der Waals surface area contributed by atoms with Crippen LogP contribution in [0, 0.1) is 0 Å². The van der Waals surface area contributed by atoms with E-state index in [0.717, 1.165) is 25.0 Å². The molecule has 0 bridgehead atoms. The lowest BCUT2D eigenvalue weighted by Gasteiger charge is -2.23. The molecule has 1 aromatic rings. The molecule has 0 aliphatic heterocycles. The van der Waals surface area contributed by atoms with E-state index in [0.29, 0.717) is 12.5 Å². The van der Waals surface area contributed by atoms with Crippen LogP contribution in [0.1, 0.15) is 75.8 Å². The summed E-state index contributed by atoms with van der Waals surface area (Å²) in [4.78, 5) is 12.6. The number of carbonyl (C=O) groups is 1. The minimum Gasteiger partial charge on any atom is -0.481 e. The molecule has 1 atom stereocenters. The third-order valence-corrected chi connectivity index (χ3v) is 5.46. The summed E-state index contributed by atoms with van der Waals surface area (Å²) >= 11 is 0. The highest BCUT2D eigenvalue weighted by molar-refractivity contribution is 5.81. The maximum atomic E-state index is 12.6. The zero-order valence-electron chi connectivity index (χ0n) is 15.0. The normalized spacial score (nSPS) is 19.9. The van der Waals surface area contributed by atoms with Gasteiger partial charge in [-0.05, 0) is 68.2 Å². The molecule has 0 radical (unpaired) electrons. The Bertz CT molecular complexity index is 547. The molecule has 1 N–H and O–H groups in total. The predicted molar refractivity (Wildman–Crippen MR) is 97.4 cm³/mol. The average molecular weight is 329 g/mol. The maximum Gasteiger partial charge on any atom is 0.261 e. The Morgan fingerprint density at radius 1 is 1.08 bits per heavy atom. The Hall–Kier alpha value is -1.51. The Kier molecular flexibility index (Phi) is 6.17. The molecule has 0 heterocycles. The van der Waals surface area contributed by atoms with Crippen molar-refractivity contribution in [3.8, 4) is 5.75 Å². The molecule has 24 heavy (non-hydrogen) atoms. The summed E-state index contributed by atoms with van der Waals surface area (Å²) < 4.78 is 6.05. The zero-order valence-corrected chi connectivity index (χ0v) is 15.0. The van der Waals surface area contributed by atoms with Crippen LogP contribution in [0.2, 0.25) is 0 Å². The summed E-state index contributed by atoms with van der Waals surface area (Å²) in [6.07, 6.45) is 12.5. The number of hydrogen-bond acceptors (Lipinski definition) is 2. The van der Waals surface area contributed by atoms with E-state index in [9.17, 15) is 4.79 Å². The van der Waals surface area contributed by atoms with E-state index in [4.69, 9.17) is 4.74 Å². The molecule has 1 amide bonds. The van der Waals surface area contributed by atoms with Gasteiger partial charge in [0.2, 0.25) is 0 Å². The third-order valence-electron chi connectivity index (χ3n) is 5.46. The van der Waals surface area contributed by atoms with E-state index in [-0.39, 0.29) is 12.0 Å². The van der Waals surface area contributed by atoms with Crippen LogP contribution in [-0.4, -0.2) is 18.1 Å². The molecule has 1 saturated carbocycles. The van der Waals surface area contributed by atoms with Crippen molar-refractivity contribution >= 4 is 5.91 Å². The summed E-state index contributed by atoms with van der Waals surface area (Å²) in [6, 6.07) is 6.70. The van der Waals surface area contributed by atoms with Crippen LogP contribution < -0.4 is 10.1 Å². The van der Waals surface area contributed by atoms with E-state index in [1.807, 2.05) is 13.0 Å². The Morgan fingerprint density at radius 3 is 2.50 bits per heavy atom. The SMILES string of the molecule is CCC(Oc1ccc2c(c1)CCCC2)C(=O)NC1CCCCCC1. The van der Waals surface area contributed by atoms with E-state index >= 15 is 0 Å². The van der Waals surface area contributed by atoms with Crippen molar-refractivity contribution in [2.24, 2.45) is 0 Å². The predicted octanol–water partition coefficient (Wildman–Crippen LogP) is 4.56. The molecule has 1 unspecified atom stereocenters. The lowest BCUT2D eigenvalue weighted by molar-refractivity contribution is -0.128. The second kappa shape index (κ2) is 8.55. The van der Waals surface area contributed by atoms with Crippen molar-refractivity contribution in [3.05, 3.63) is 29.3 Å². The van der Waals surface area contributed by atoms with Crippen LogP contribution in [0.25, 0.3) is 0 Å². The van der Waals surface area contributed by atoms with Gasteiger partial charge in [-0.3, -0.25) is 4.79 Å². The molecule has 0 saturated heterocycles. The average Bonchev–Trinajstić information content (AvgIpc) is 2.88. The van der Waals surface area contributed by atoms with E-state index < -0.39 is 0 Å². The van der Waals surface area contributed by atoms with Crippen LogP contribution in [0.5, 0.6) is 5.75 Å². The Labute approximate surface area is 146 Å². The number of nitrogens with one attached hydrogen (secondary N) is 1. The van der Waals surface area contributed by atoms with Gasteiger partial charge in [0.1, 0.15) is 5.75 Å². The largest absolute Gasteiger partial charge is 0.481 e. The first-order valence-electron chi connectivity index (χ1n) is 9.85. The fourth-order valence-electron chi connectivity index (χ4n) is 3.99. The van der Waals surface area contributed by atoms with Crippen molar-refractivity contribution in [1.82, 2.24) is 5.32 Å². The number of carbonyl (C=O) groups excluding carboxylic acids is 1. The van der Waals surface area contributed by atoms with Gasteiger partial charge in [0.15, 0.2) is 6.10 Å². The summed E-state index contributed by atoms with van der Waals surface area (Å²) in [6.45, 7) is 2.02. The molecule has 0 spiro atoms. The Morgan fingerprint density at radius 2 is 1.79 bits per heavy atom. The minimum absolute atomic E-state index is 0.0575. The molecule has 3 nitrogen and oxygen atoms in total. The molecular weight excluding hydrogens is 298 g/mol. The van der Waals surface area contributed by atoms with Crippen LogP contribution >= 0.6 is 0 Å². The highest BCUT2D eigenvalue weighted by atomic mass is 16.5. The number of hydrogen-bond donors (Lipinski definition) is 1. The van der Waals surface area contributed by atoms with Gasteiger partial charge in [-0.2, -0.15) is 0 Å². The second-order valence-corrected chi connectivity index (χ2v) is 7.35. The quantitative estimate of drug-likeness (QED) is 0.804. The number of ether oxygens (including phenoxy) is 1. The van der Waals surface area contributed by atoms with E-state index in [1.54, 1.807) is 0 Å². The van der Waals surface area contributed by atoms with Crippen molar-refractivity contribution in [2.45, 2.75) is 89.7 Å². The molecule has 3 rings (SSSR count). The first-order valence-corrected chi connectivity index (χ1v) is 9.85. The number of benzene rings is 1. The lowest BCUT2D eigenvalue weighted by atomic mass is 9.92. The van der Waals surface area contributed by atoms with Crippen molar-refractivity contribution in [1.29, 1.82) is 0 Å². The standard InChI is InChI=1S/C21H31NO2/c1-2-20(21(23)22-18-11-5-3-4-6-12-18)24-19-14-13-16-9-7-8-10-17(16)15-19/h13-15,18,20H,2-12H2,1H3,(H,22,23). The second-order valence-electron chi connectivity index (χ2n) is 7.35. The van der Waals surface area contributed by atoms with Crippen LogP contribution in [0.15, 0.2) is 18.2 Å². The van der Waals surface area contributed by atoms with Gasteiger partial charge in [-0.1, -0.05) is 38.7 Å². The number of fused-ring (bicyclic) bond motifs is 1. The first-order chi connectivity index (χ1) is 11.8. The van der Waals surface area contributed by atoms with Crippen molar-refractivity contribution in [2.75, 3.05) is 0 Å². The highest BCUT2D eigenvalue weighted by Gasteiger charge is 2.23. The molecular formula is C21H31NO2. The van der Waals surface area contributed by atoms with E-state index in [1.165, 1.54) is 56.1 Å². The molecule has 1 fully saturated rings. The number of aryl methyl sites for hydroxylation is 2. The van der Waals surface area contributed by atoms with Crippen molar-refractivity contribution in [3.63, 3.8) is 0 Å². The van der Waals surface area contributed by atoms with Gasteiger partial charge in [0.25, 0.3) is 5.91 Å². The first kappa shape index (κ1) is 17.3. The topological polar surface area (TPSA) is 38.3 Å². The molecule has 1 aromatic carbocycles. The zero-order chi connectivity index (χ0) is 16.8. The Balaban J connectivity index is 1.60. The fourth-order valence-corrected chi connectivity index (χ4v) is 3.99.